The number of allylic oxidation sites excluding steroid dienone is 6. The smallest absolute Gasteiger partial charge is 0.463 e. The first-order valence-electron chi connectivity index (χ1n) is 21.5. The van der Waals surface area contributed by atoms with Crippen molar-refractivity contribution in [3.8, 4) is 0 Å². The predicted octanol–water partition coefficient (Wildman–Crippen LogP) is 11.8. The summed E-state index contributed by atoms with van der Waals surface area (Å²) in [5.74, 6) is -0.534. The first kappa shape index (κ1) is 51.2. The highest BCUT2D eigenvalue weighted by molar-refractivity contribution is 7.47. The number of hydrogen-bond donors (Lipinski definition) is 3. The molecule has 3 N–H and O–H groups in total. The van der Waals surface area contributed by atoms with Gasteiger partial charge in [0.15, 0.2) is 0 Å². The molecule has 0 bridgehead atoms. The van der Waals surface area contributed by atoms with Gasteiger partial charge >= 0.3 is 13.8 Å². The molecule has 0 aromatic rings. The minimum atomic E-state index is -4.42. The number of aliphatic hydroxyl groups is 1. The third kappa shape index (κ3) is 41.2. The van der Waals surface area contributed by atoms with Crippen molar-refractivity contribution in [2.24, 2.45) is 0 Å². The molecule has 1 amide bonds. The zero-order valence-corrected chi connectivity index (χ0v) is 34.9. The monoisotopic (exact) mass is 770 g/mol. The first-order chi connectivity index (χ1) is 25.8. The summed E-state index contributed by atoms with van der Waals surface area (Å²) in [7, 11) is -4.42. The van der Waals surface area contributed by atoms with Crippen molar-refractivity contribution >= 4 is 19.7 Å². The van der Waals surface area contributed by atoms with Crippen LogP contribution in [0.25, 0.3) is 0 Å². The van der Waals surface area contributed by atoms with Crippen LogP contribution in [0.3, 0.4) is 0 Å². The lowest BCUT2D eigenvalue weighted by molar-refractivity contribution is -0.147. The van der Waals surface area contributed by atoms with Gasteiger partial charge in [0.05, 0.1) is 13.2 Å². The van der Waals surface area contributed by atoms with Gasteiger partial charge in [-0.15, -0.1) is 0 Å². The molecule has 0 aliphatic rings. The van der Waals surface area contributed by atoms with Gasteiger partial charge in [-0.1, -0.05) is 153 Å². The quantitative estimate of drug-likeness (QED) is 0.0243. The molecule has 0 aliphatic heterocycles. The average Bonchev–Trinajstić information content (AvgIpc) is 3.14. The molecular weight excluding hydrogens is 689 g/mol. The predicted molar refractivity (Wildman–Crippen MR) is 220 cm³/mol. The Hall–Kier alpha value is -1.77. The van der Waals surface area contributed by atoms with Gasteiger partial charge in [-0.3, -0.25) is 18.6 Å². The van der Waals surface area contributed by atoms with Gasteiger partial charge < -0.3 is 20.1 Å². The van der Waals surface area contributed by atoms with Gasteiger partial charge in [0.25, 0.3) is 0 Å². The molecule has 0 aromatic heterocycles. The van der Waals surface area contributed by atoms with Crippen molar-refractivity contribution in [3.63, 3.8) is 0 Å². The molecule has 53 heavy (non-hydrogen) atoms. The van der Waals surface area contributed by atoms with Crippen LogP contribution in [0.2, 0.25) is 0 Å². The number of unbranched alkanes of at least 4 members (excludes halogenated alkanes) is 21. The second-order valence-corrected chi connectivity index (χ2v) is 15.8. The molecule has 2 unspecified atom stereocenters. The third-order valence-corrected chi connectivity index (χ3v) is 10.0. The van der Waals surface area contributed by atoms with Crippen LogP contribution in [0.4, 0.5) is 0 Å². The Morgan fingerprint density at radius 2 is 1.04 bits per heavy atom. The summed E-state index contributed by atoms with van der Waals surface area (Å²) in [6.45, 7) is 3.49. The van der Waals surface area contributed by atoms with Crippen LogP contribution in [0.15, 0.2) is 36.5 Å². The molecule has 0 saturated carbocycles. The van der Waals surface area contributed by atoms with Crippen LogP contribution < -0.4 is 5.32 Å². The Morgan fingerprint density at radius 3 is 1.58 bits per heavy atom. The maximum atomic E-state index is 12.1. The van der Waals surface area contributed by atoms with Gasteiger partial charge in [0.2, 0.25) is 5.91 Å². The molecule has 10 heteroatoms. The highest BCUT2D eigenvalue weighted by Gasteiger charge is 2.23. The molecule has 9 nitrogen and oxygen atoms in total. The standard InChI is InChI=1S/C43H80NO8P/c1-3-5-7-9-11-13-15-17-19-20-21-22-23-25-27-29-31-33-35-42(46)44-37-38-51-53(48,49)52-40-41(45)39-50-43(47)36-34-32-30-28-26-24-18-16-14-12-10-8-6-4-2/h10,12,16,18-20,41,45H,3-9,11,13-15,17,21-40H2,1-2H3,(H,44,46)(H,48,49)/b12-10-,18-16-,20-19-. The van der Waals surface area contributed by atoms with Crippen molar-refractivity contribution in [2.75, 3.05) is 26.4 Å². The van der Waals surface area contributed by atoms with Crippen molar-refractivity contribution in [1.29, 1.82) is 0 Å². The SMILES string of the molecule is CCCC/C=C\C/C=C\CCCCCCCC(=O)OCC(O)COP(=O)(O)OCCNC(=O)CCCCCCCCC/C=C\CCCCCCCCC. The number of ether oxygens (including phenoxy) is 1. The molecule has 0 fully saturated rings. The summed E-state index contributed by atoms with van der Waals surface area (Å²) >= 11 is 0. The Bertz CT molecular complexity index is 970. The minimum absolute atomic E-state index is 0.0779. The molecule has 0 rings (SSSR count). The van der Waals surface area contributed by atoms with Crippen LogP contribution in [0.5, 0.6) is 0 Å². The van der Waals surface area contributed by atoms with E-state index in [2.05, 4.69) is 55.6 Å². The maximum absolute atomic E-state index is 12.1. The van der Waals surface area contributed by atoms with Crippen LogP contribution >= 0.6 is 7.82 Å². The molecule has 0 aromatic carbocycles. The highest BCUT2D eigenvalue weighted by atomic mass is 31.2. The van der Waals surface area contributed by atoms with E-state index in [1.54, 1.807) is 0 Å². The molecule has 0 radical (unpaired) electrons. The molecular formula is C43H80NO8P. The average molecular weight is 770 g/mol. The van der Waals surface area contributed by atoms with Gasteiger partial charge in [-0.05, 0) is 64.2 Å². The lowest BCUT2D eigenvalue weighted by atomic mass is 10.1. The number of nitrogens with one attached hydrogen (secondary N) is 1. The molecule has 0 spiro atoms. The lowest BCUT2D eigenvalue weighted by Crippen LogP contribution is -2.27. The van der Waals surface area contributed by atoms with Gasteiger partial charge in [0.1, 0.15) is 12.7 Å². The second kappa shape index (κ2) is 39.9. The summed E-state index contributed by atoms with van der Waals surface area (Å²) in [6.07, 6.45) is 43.6. The van der Waals surface area contributed by atoms with E-state index in [1.807, 2.05) is 0 Å². The van der Waals surface area contributed by atoms with Crippen LogP contribution in [-0.4, -0.2) is 54.3 Å². The Kier molecular flexibility index (Phi) is 38.6. The van der Waals surface area contributed by atoms with Crippen LogP contribution in [-0.2, 0) is 27.9 Å². The van der Waals surface area contributed by atoms with E-state index >= 15 is 0 Å². The zero-order chi connectivity index (χ0) is 38.9. The van der Waals surface area contributed by atoms with Crippen molar-refractivity contribution in [1.82, 2.24) is 5.32 Å². The number of phosphoric acid groups is 1. The fraction of sp³-hybridized carbons (Fsp3) is 0.814. The second-order valence-electron chi connectivity index (χ2n) is 14.3. The van der Waals surface area contributed by atoms with E-state index in [0.29, 0.717) is 6.42 Å². The number of phosphoric ester groups is 1. The van der Waals surface area contributed by atoms with Gasteiger partial charge in [0, 0.05) is 19.4 Å². The molecule has 2 atom stereocenters. The van der Waals surface area contributed by atoms with Crippen LogP contribution in [0, 0.1) is 0 Å². The number of aliphatic hydroxyl groups excluding tert-OH is 1. The van der Waals surface area contributed by atoms with E-state index in [0.717, 1.165) is 70.6 Å². The maximum Gasteiger partial charge on any atom is 0.472 e. The third-order valence-electron chi connectivity index (χ3n) is 9.04. The fourth-order valence-electron chi connectivity index (χ4n) is 5.74. The van der Waals surface area contributed by atoms with Crippen molar-refractivity contribution in [3.05, 3.63) is 36.5 Å². The zero-order valence-electron chi connectivity index (χ0n) is 34.0. The van der Waals surface area contributed by atoms with Crippen LogP contribution in [0.1, 0.15) is 194 Å². The highest BCUT2D eigenvalue weighted by Crippen LogP contribution is 2.42. The summed E-state index contributed by atoms with van der Waals surface area (Å²) in [6, 6.07) is 0. The van der Waals surface area contributed by atoms with E-state index in [1.165, 1.54) is 96.3 Å². The van der Waals surface area contributed by atoms with Gasteiger partial charge in [-0.25, -0.2) is 4.57 Å². The summed E-state index contributed by atoms with van der Waals surface area (Å²) in [5.41, 5.74) is 0. The molecule has 310 valence electrons. The van der Waals surface area contributed by atoms with E-state index < -0.39 is 26.5 Å². The molecule has 0 heterocycles. The van der Waals surface area contributed by atoms with Gasteiger partial charge in [-0.2, -0.15) is 0 Å². The largest absolute Gasteiger partial charge is 0.472 e. The number of amides is 1. The van der Waals surface area contributed by atoms with E-state index in [-0.39, 0.29) is 32.1 Å². The Morgan fingerprint density at radius 1 is 0.585 bits per heavy atom. The lowest BCUT2D eigenvalue weighted by Gasteiger charge is -2.15. The molecule has 0 saturated heterocycles. The van der Waals surface area contributed by atoms with Crippen molar-refractivity contribution < 1.29 is 37.9 Å². The Balaban J connectivity index is 3.61. The molecule has 0 aliphatic carbocycles. The van der Waals surface area contributed by atoms with Crippen molar-refractivity contribution in [2.45, 2.75) is 200 Å². The summed E-state index contributed by atoms with van der Waals surface area (Å²) in [5, 5.41) is 12.7. The summed E-state index contributed by atoms with van der Waals surface area (Å²) < 4.78 is 26.8. The number of carbonyl (C=O) groups excluding carboxylic acids is 2. The number of carbonyl (C=O) groups is 2. The topological polar surface area (TPSA) is 131 Å². The first-order valence-corrected chi connectivity index (χ1v) is 23.0. The van der Waals surface area contributed by atoms with E-state index in [9.17, 15) is 24.2 Å². The number of rotatable bonds is 40. The number of hydrogen-bond acceptors (Lipinski definition) is 7. The number of esters is 1. The summed E-state index contributed by atoms with van der Waals surface area (Å²) in [4.78, 5) is 33.9. The fourth-order valence-corrected chi connectivity index (χ4v) is 6.50. The Labute approximate surface area is 324 Å². The minimum Gasteiger partial charge on any atom is -0.463 e. The van der Waals surface area contributed by atoms with E-state index in [4.69, 9.17) is 13.8 Å². The normalized spacial score (nSPS) is 13.7.